The van der Waals surface area contributed by atoms with Crippen molar-refractivity contribution in [1.29, 1.82) is 0 Å². The van der Waals surface area contributed by atoms with Gasteiger partial charge < -0.3 is 25.4 Å². The van der Waals surface area contributed by atoms with Crippen LogP contribution < -0.4 is 10.6 Å². The standard InChI is InChI=1S/C35H49N3O5/c1-11-26-14-12-13-15-28(26)30(31(40)37-34(5,6)7)38(24(4)17-16-23(2)3)32(41)29(36-33(42)43-35(8,9)10)22-25-18-20-27(39)21-19-25/h1,12-15,18-21,23-24,29-30,39H,16-17,22H2,2-10H3,(H,36,42)(H,37,40). The Morgan fingerprint density at radius 1 is 0.953 bits per heavy atom. The third kappa shape index (κ3) is 11.3. The van der Waals surface area contributed by atoms with E-state index in [2.05, 4.69) is 30.4 Å². The topological polar surface area (TPSA) is 108 Å². The number of carbonyl (C=O) groups excluding carboxylic acids is 3. The van der Waals surface area contributed by atoms with Gasteiger partial charge in [-0.25, -0.2) is 4.79 Å². The third-order valence-electron chi connectivity index (χ3n) is 6.69. The number of nitrogens with zero attached hydrogens (tertiary/aromatic N) is 1. The molecule has 0 bridgehead atoms. The number of phenols is 1. The van der Waals surface area contributed by atoms with Crippen LogP contribution >= 0.6 is 0 Å². The number of phenolic OH excluding ortho intramolecular Hbond substituents is 1. The fourth-order valence-corrected chi connectivity index (χ4v) is 4.73. The Balaban J connectivity index is 2.73. The fraction of sp³-hybridized carbons (Fsp3) is 0.514. The highest BCUT2D eigenvalue weighted by molar-refractivity contribution is 5.93. The molecule has 0 aliphatic heterocycles. The third-order valence-corrected chi connectivity index (χ3v) is 6.69. The summed E-state index contributed by atoms with van der Waals surface area (Å²) in [4.78, 5) is 43.5. The number of aromatic hydroxyl groups is 1. The predicted molar refractivity (Wildman–Crippen MR) is 170 cm³/mol. The Morgan fingerprint density at radius 3 is 2.09 bits per heavy atom. The molecule has 2 aromatic rings. The minimum absolute atomic E-state index is 0.0838. The smallest absolute Gasteiger partial charge is 0.408 e. The van der Waals surface area contributed by atoms with E-state index >= 15 is 0 Å². The van der Waals surface area contributed by atoms with Gasteiger partial charge in [-0.3, -0.25) is 9.59 Å². The summed E-state index contributed by atoms with van der Waals surface area (Å²) < 4.78 is 5.52. The summed E-state index contributed by atoms with van der Waals surface area (Å²) in [5.41, 5.74) is 0.358. The predicted octanol–water partition coefficient (Wildman–Crippen LogP) is 6.12. The maximum Gasteiger partial charge on any atom is 0.408 e. The van der Waals surface area contributed by atoms with Crippen molar-refractivity contribution in [2.24, 2.45) is 5.92 Å². The van der Waals surface area contributed by atoms with E-state index in [9.17, 15) is 19.5 Å². The van der Waals surface area contributed by atoms with E-state index in [1.807, 2.05) is 27.7 Å². The highest BCUT2D eigenvalue weighted by Gasteiger charge is 2.40. The van der Waals surface area contributed by atoms with Gasteiger partial charge in [0, 0.05) is 23.6 Å². The van der Waals surface area contributed by atoms with Crippen molar-refractivity contribution in [3.05, 3.63) is 65.2 Å². The Hall–Kier alpha value is -3.99. The van der Waals surface area contributed by atoms with Gasteiger partial charge in [-0.15, -0.1) is 6.42 Å². The van der Waals surface area contributed by atoms with Crippen molar-refractivity contribution < 1.29 is 24.2 Å². The summed E-state index contributed by atoms with van der Waals surface area (Å²) in [6.45, 7) is 17.0. The number of alkyl carbamates (subject to hydrolysis) is 1. The monoisotopic (exact) mass is 591 g/mol. The first kappa shape index (κ1) is 35.2. The number of benzene rings is 2. The van der Waals surface area contributed by atoms with Crippen LogP contribution in [0.3, 0.4) is 0 Å². The summed E-state index contributed by atoms with van der Waals surface area (Å²) in [6.07, 6.45) is 6.68. The van der Waals surface area contributed by atoms with Gasteiger partial charge in [0.25, 0.3) is 0 Å². The van der Waals surface area contributed by atoms with Crippen LogP contribution in [-0.2, 0) is 20.7 Å². The summed E-state index contributed by atoms with van der Waals surface area (Å²) in [5, 5.41) is 15.6. The van der Waals surface area contributed by atoms with E-state index in [1.165, 1.54) is 12.1 Å². The average Bonchev–Trinajstić information content (AvgIpc) is 2.88. The zero-order chi connectivity index (χ0) is 32.5. The van der Waals surface area contributed by atoms with Gasteiger partial charge in [0.05, 0.1) is 0 Å². The van der Waals surface area contributed by atoms with Gasteiger partial charge in [-0.2, -0.15) is 0 Å². The first-order valence-corrected chi connectivity index (χ1v) is 14.9. The Morgan fingerprint density at radius 2 is 1.56 bits per heavy atom. The lowest BCUT2D eigenvalue weighted by molar-refractivity contribution is -0.145. The Labute approximate surface area is 257 Å². The van der Waals surface area contributed by atoms with Crippen molar-refractivity contribution in [1.82, 2.24) is 15.5 Å². The molecule has 0 saturated carbocycles. The number of amides is 3. The molecule has 0 aliphatic carbocycles. The van der Waals surface area contributed by atoms with Crippen LogP contribution in [0, 0.1) is 18.3 Å². The van der Waals surface area contributed by atoms with Crippen LogP contribution in [0.2, 0.25) is 0 Å². The van der Waals surface area contributed by atoms with Crippen LogP contribution in [0.15, 0.2) is 48.5 Å². The second-order valence-electron chi connectivity index (χ2n) is 13.5. The molecule has 0 spiro atoms. The van der Waals surface area contributed by atoms with Gasteiger partial charge in [0.15, 0.2) is 0 Å². The van der Waals surface area contributed by atoms with Crippen LogP contribution in [0.25, 0.3) is 0 Å². The summed E-state index contributed by atoms with van der Waals surface area (Å²) in [7, 11) is 0. The second kappa shape index (κ2) is 15.0. The number of hydrogen-bond acceptors (Lipinski definition) is 5. The fourth-order valence-electron chi connectivity index (χ4n) is 4.73. The highest BCUT2D eigenvalue weighted by atomic mass is 16.6. The molecular formula is C35H49N3O5. The molecule has 8 nitrogen and oxygen atoms in total. The van der Waals surface area contributed by atoms with Crippen LogP contribution in [0.1, 0.15) is 97.9 Å². The van der Waals surface area contributed by atoms with Crippen molar-refractivity contribution in [2.45, 2.75) is 111 Å². The molecule has 2 rings (SSSR count). The SMILES string of the molecule is C#Cc1ccccc1C(C(=O)NC(C)(C)C)N(C(=O)C(Cc1ccc(O)cc1)NC(=O)OC(C)(C)C)C(C)CCC(C)C. The van der Waals surface area contributed by atoms with Gasteiger partial charge in [-0.1, -0.05) is 50.1 Å². The highest BCUT2D eigenvalue weighted by Crippen LogP contribution is 2.30. The molecule has 0 heterocycles. The maximum atomic E-state index is 14.8. The normalized spacial score (nSPS) is 13.8. The first-order valence-electron chi connectivity index (χ1n) is 14.9. The molecule has 43 heavy (non-hydrogen) atoms. The van der Waals surface area contributed by atoms with Crippen LogP contribution in [-0.4, -0.2) is 51.1 Å². The second-order valence-corrected chi connectivity index (χ2v) is 13.5. The molecule has 2 aromatic carbocycles. The minimum atomic E-state index is -1.08. The Kier molecular flexibility index (Phi) is 12.2. The summed E-state index contributed by atoms with van der Waals surface area (Å²) >= 11 is 0. The molecule has 3 unspecified atom stereocenters. The van der Waals surface area contributed by atoms with E-state index < -0.39 is 35.2 Å². The van der Waals surface area contributed by atoms with E-state index in [0.717, 1.165) is 6.42 Å². The lowest BCUT2D eigenvalue weighted by Gasteiger charge is -2.40. The molecule has 0 radical (unpaired) electrons. The van der Waals surface area contributed by atoms with E-state index in [0.29, 0.717) is 29.0 Å². The van der Waals surface area contributed by atoms with Gasteiger partial charge in [0.1, 0.15) is 23.4 Å². The largest absolute Gasteiger partial charge is 0.508 e. The van der Waals surface area contributed by atoms with Gasteiger partial charge in [-0.05, 0) is 96.6 Å². The van der Waals surface area contributed by atoms with Crippen LogP contribution in [0.4, 0.5) is 4.79 Å². The summed E-state index contributed by atoms with van der Waals surface area (Å²) in [6, 6.07) is 11.0. The van der Waals surface area contributed by atoms with E-state index in [1.54, 1.807) is 62.1 Å². The van der Waals surface area contributed by atoms with Crippen molar-refractivity contribution in [2.75, 3.05) is 0 Å². The van der Waals surface area contributed by atoms with Crippen LogP contribution in [0.5, 0.6) is 5.75 Å². The minimum Gasteiger partial charge on any atom is -0.508 e. The van der Waals surface area contributed by atoms with E-state index in [4.69, 9.17) is 11.2 Å². The molecule has 3 N–H and O–H groups in total. The molecule has 0 saturated heterocycles. The average molecular weight is 592 g/mol. The first-order chi connectivity index (χ1) is 19.9. The van der Waals surface area contributed by atoms with Gasteiger partial charge in [0.2, 0.25) is 11.8 Å². The molecule has 8 heteroatoms. The zero-order valence-electron chi connectivity index (χ0n) is 27.2. The lowest BCUT2D eigenvalue weighted by atomic mass is 9.93. The zero-order valence-corrected chi connectivity index (χ0v) is 27.2. The number of ether oxygens (including phenoxy) is 1. The number of nitrogens with one attached hydrogen (secondary N) is 2. The van der Waals surface area contributed by atoms with E-state index in [-0.39, 0.29) is 24.1 Å². The molecule has 234 valence electrons. The molecular weight excluding hydrogens is 542 g/mol. The number of hydrogen-bond donors (Lipinski definition) is 3. The molecule has 0 aliphatic rings. The molecule has 0 aromatic heterocycles. The van der Waals surface area contributed by atoms with Crippen molar-refractivity contribution >= 4 is 17.9 Å². The quantitative estimate of drug-likeness (QED) is 0.273. The van der Waals surface area contributed by atoms with Crippen molar-refractivity contribution in [3.8, 4) is 18.1 Å². The summed E-state index contributed by atoms with van der Waals surface area (Å²) in [5.74, 6) is 2.31. The Bertz CT molecular complexity index is 1280. The molecule has 0 fully saturated rings. The molecule has 3 amide bonds. The molecule has 3 atom stereocenters. The van der Waals surface area contributed by atoms with Gasteiger partial charge >= 0.3 is 6.09 Å². The lowest BCUT2D eigenvalue weighted by Crippen LogP contribution is -2.57. The number of carbonyl (C=O) groups is 3. The van der Waals surface area contributed by atoms with Crippen molar-refractivity contribution in [3.63, 3.8) is 0 Å². The maximum absolute atomic E-state index is 14.8. The number of terminal acetylenes is 1. The number of rotatable bonds is 11.